The van der Waals surface area contributed by atoms with Crippen molar-refractivity contribution in [1.82, 2.24) is 0 Å². The van der Waals surface area contributed by atoms with Crippen LogP contribution < -0.4 is 10.2 Å². The number of aliphatic hydroxyl groups is 1. The van der Waals surface area contributed by atoms with Crippen molar-refractivity contribution < 1.29 is 24.5 Å². The summed E-state index contributed by atoms with van der Waals surface area (Å²) in [4.78, 5) is 12.9. The molecule has 0 aliphatic heterocycles. The Morgan fingerprint density at radius 1 is 0.800 bits per heavy atom. The highest BCUT2D eigenvalue weighted by Gasteiger charge is 2.17. The number of rotatable bonds is 15. The van der Waals surface area contributed by atoms with Gasteiger partial charge >= 0.3 is 0 Å². The Morgan fingerprint density at radius 2 is 1.43 bits per heavy atom. The van der Waals surface area contributed by atoms with Gasteiger partial charge in [-0.1, -0.05) is 63.9 Å². The number of aryl methyl sites for hydroxylation is 1. The van der Waals surface area contributed by atoms with E-state index >= 15 is 0 Å². The summed E-state index contributed by atoms with van der Waals surface area (Å²) >= 11 is 0. The summed E-state index contributed by atoms with van der Waals surface area (Å²) in [6.45, 7) is 0.313. The first-order chi connectivity index (χ1) is 17.0. The van der Waals surface area contributed by atoms with Crippen LogP contribution in [-0.2, 0) is 6.42 Å². The standard InChI is InChI=1S/C29H38O6/c1-34-26-20-22(15-16-24(26)31)29-28(33)27(32)23-19-21(14-17-25(23)35-29)13-11-9-7-5-3-2-4-6-8-10-12-18-30/h14-17,19-20,30-31,33H,2-13,18H2,1H3. The van der Waals surface area contributed by atoms with Gasteiger partial charge in [0.05, 0.1) is 12.5 Å². The van der Waals surface area contributed by atoms with Gasteiger partial charge in [0.15, 0.2) is 17.3 Å². The summed E-state index contributed by atoms with van der Waals surface area (Å²) < 4.78 is 11.0. The summed E-state index contributed by atoms with van der Waals surface area (Å²) in [5.41, 5.74) is 1.45. The molecule has 0 saturated carbocycles. The molecule has 0 unspecified atom stereocenters. The van der Waals surface area contributed by atoms with Crippen LogP contribution >= 0.6 is 0 Å². The molecule has 0 bridgehead atoms. The third-order valence-electron chi connectivity index (χ3n) is 6.50. The highest BCUT2D eigenvalue weighted by atomic mass is 16.5. The number of benzene rings is 2. The minimum absolute atomic E-state index is 0.0335. The van der Waals surface area contributed by atoms with E-state index in [-0.39, 0.29) is 17.3 Å². The molecule has 0 radical (unpaired) electrons. The van der Waals surface area contributed by atoms with E-state index in [4.69, 9.17) is 14.3 Å². The third kappa shape index (κ3) is 7.49. The van der Waals surface area contributed by atoms with Crippen molar-refractivity contribution in [3.63, 3.8) is 0 Å². The molecule has 190 valence electrons. The van der Waals surface area contributed by atoms with Gasteiger partial charge in [-0.3, -0.25) is 4.79 Å². The lowest BCUT2D eigenvalue weighted by Gasteiger charge is -2.09. The van der Waals surface area contributed by atoms with Crippen LogP contribution in [0.2, 0.25) is 0 Å². The van der Waals surface area contributed by atoms with Gasteiger partial charge in [-0.25, -0.2) is 0 Å². The Labute approximate surface area is 207 Å². The molecule has 2 aromatic carbocycles. The number of fused-ring (bicyclic) bond motifs is 1. The summed E-state index contributed by atoms with van der Waals surface area (Å²) in [5.74, 6) is -0.197. The van der Waals surface area contributed by atoms with Crippen LogP contribution in [0, 0.1) is 0 Å². The van der Waals surface area contributed by atoms with Crippen LogP contribution in [0.5, 0.6) is 17.2 Å². The highest BCUT2D eigenvalue weighted by Crippen LogP contribution is 2.35. The van der Waals surface area contributed by atoms with Gasteiger partial charge in [0.2, 0.25) is 11.2 Å². The predicted octanol–water partition coefficient (Wildman–Crippen LogP) is 6.71. The number of hydrogen-bond donors (Lipinski definition) is 3. The quantitative estimate of drug-likeness (QED) is 0.208. The molecular formula is C29H38O6. The molecule has 1 aromatic heterocycles. The Hall–Kier alpha value is -2.99. The zero-order chi connectivity index (χ0) is 25.0. The normalized spacial score (nSPS) is 11.3. The van der Waals surface area contributed by atoms with Crippen LogP contribution in [0.15, 0.2) is 45.6 Å². The molecule has 1 heterocycles. The monoisotopic (exact) mass is 482 g/mol. The smallest absolute Gasteiger partial charge is 0.235 e. The minimum Gasteiger partial charge on any atom is -0.504 e. The van der Waals surface area contributed by atoms with E-state index in [2.05, 4.69) is 0 Å². The van der Waals surface area contributed by atoms with Crippen molar-refractivity contribution >= 4 is 11.0 Å². The van der Waals surface area contributed by atoms with Gasteiger partial charge in [-0.05, 0) is 55.2 Å². The number of aromatic hydroxyl groups is 2. The van der Waals surface area contributed by atoms with Crippen LogP contribution in [0.1, 0.15) is 76.2 Å². The Bertz CT molecular complexity index is 1130. The summed E-state index contributed by atoms with van der Waals surface area (Å²) in [7, 11) is 1.43. The van der Waals surface area contributed by atoms with E-state index < -0.39 is 11.2 Å². The Kier molecular flexibility index (Phi) is 10.5. The summed E-state index contributed by atoms with van der Waals surface area (Å²) in [5, 5.41) is 29.5. The number of phenols is 1. The molecule has 6 heteroatoms. The maximum atomic E-state index is 12.9. The molecule has 6 nitrogen and oxygen atoms in total. The van der Waals surface area contributed by atoms with Crippen molar-refractivity contribution in [3.05, 3.63) is 52.2 Å². The van der Waals surface area contributed by atoms with Crippen LogP contribution in [0.4, 0.5) is 0 Å². The van der Waals surface area contributed by atoms with Gasteiger partial charge in [0.1, 0.15) is 5.58 Å². The lowest BCUT2D eigenvalue weighted by Crippen LogP contribution is -2.03. The minimum atomic E-state index is -0.466. The second-order valence-corrected chi connectivity index (χ2v) is 9.19. The van der Waals surface area contributed by atoms with Gasteiger partial charge in [-0.15, -0.1) is 0 Å². The number of aliphatic hydroxyl groups excluding tert-OH is 1. The number of unbranched alkanes of at least 4 members (excludes halogenated alkanes) is 10. The largest absolute Gasteiger partial charge is 0.504 e. The molecule has 0 fully saturated rings. The lowest BCUT2D eigenvalue weighted by molar-refractivity contribution is 0.282. The molecule has 0 atom stereocenters. The molecule has 0 aliphatic carbocycles. The number of phenolic OH excluding ortho intramolecular Hbond substituents is 1. The molecule has 0 amide bonds. The van der Waals surface area contributed by atoms with E-state index in [9.17, 15) is 15.0 Å². The van der Waals surface area contributed by atoms with E-state index in [1.165, 1.54) is 64.2 Å². The number of ether oxygens (including phenoxy) is 1. The second-order valence-electron chi connectivity index (χ2n) is 9.19. The first kappa shape index (κ1) is 26.6. The summed E-state index contributed by atoms with van der Waals surface area (Å²) in [6, 6.07) is 10.1. The highest BCUT2D eigenvalue weighted by molar-refractivity contribution is 5.82. The average molecular weight is 483 g/mol. The third-order valence-corrected chi connectivity index (χ3v) is 6.50. The predicted molar refractivity (Wildman–Crippen MR) is 139 cm³/mol. The first-order valence-electron chi connectivity index (χ1n) is 12.8. The number of hydrogen-bond acceptors (Lipinski definition) is 6. The number of methoxy groups -OCH3 is 1. The van der Waals surface area contributed by atoms with Crippen molar-refractivity contribution in [3.8, 4) is 28.6 Å². The fourth-order valence-electron chi connectivity index (χ4n) is 4.43. The Morgan fingerprint density at radius 3 is 2.06 bits per heavy atom. The molecular weight excluding hydrogens is 444 g/mol. The molecule has 0 aliphatic rings. The maximum Gasteiger partial charge on any atom is 0.235 e. The zero-order valence-corrected chi connectivity index (χ0v) is 20.7. The van der Waals surface area contributed by atoms with Crippen LogP contribution in [-0.4, -0.2) is 29.0 Å². The van der Waals surface area contributed by atoms with Crippen LogP contribution in [0.3, 0.4) is 0 Å². The second kappa shape index (κ2) is 13.8. The molecule has 3 N–H and O–H groups in total. The van der Waals surface area contributed by atoms with Crippen molar-refractivity contribution in [2.75, 3.05) is 13.7 Å². The van der Waals surface area contributed by atoms with Gasteiger partial charge in [0.25, 0.3) is 0 Å². The maximum absolute atomic E-state index is 12.9. The SMILES string of the molecule is COc1cc(-c2oc3ccc(CCCCCCCCCCCCCO)cc3c(=O)c2O)ccc1O. The molecule has 0 saturated heterocycles. The van der Waals surface area contributed by atoms with Crippen LogP contribution in [0.25, 0.3) is 22.3 Å². The summed E-state index contributed by atoms with van der Waals surface area (Å²) in [6.07, 6.45) is 14.0. The topological polar surface area (TPSA) is 100 Å². The molecule has 0 spiro atoms. The van der Waals surface area contributed by atoms with Gasteiger partial charge in [0, 0.05) is 12.2 Å². The van der Waals surface area contributed by atoms with Crippen molar-refractivity contribution in [1.29, 1.82) is 0 Å². The van der Waals surface area contributed by atoms with E-state index in [0.717, 1.165) is 37.7 Å². The van der Waals surface area contributed by atoms with E-state index in [1.807, 2.05) is 12.1 Å². The van der Waals surface area contributed by atoms with Gasteiger partial charge in [-0.2, -0.15) is 0 Å². The average Bonchev–Trinajstić information content (AvgIpc) is 2.87. The fourth-order valence-corrected chi connectivity index (χ4v) is 4.43. The molecule has 3 aromatic rings. The van der Waals surface area contributed by atoms with E-state index in [0.29, 0.717) is 23.1 Å². The lowest BCUT2D eigenvalue weighted by atomic mass is 10.0. The van der Waals surface area contributed by atoms with Crippen molar-refractivity contribution in [2.24, 2.45) is 0 Å². The molecule has 35 heavy (non-hydrogen) atoms. The Balaban J connectivity index is 1.51. The first-order valence-corrected chi connectivity index (χ1v) is 12.8. The fraction of sp³-hybridized carbons (Fsp3) is 0.483. The zero-order valence-electron chi connectivity index (χ0n) is 20.7. The van der Waals surface area contributed by atoms with Crippen molar-refractivity contribution in [2.45, 2.75) is 77.0 Å². The van der Waals surface area contributed by atoms with E-state index in [1.54, 1.807) is 12.1 Å². The molecule has 3 rings (SSSR count). The van der Waals surface area contributed by atoms with Gasteiger partial charge < -0.3 is 24.5 Å².